The minimum Gasteiger partial charge on any atom is -0.379 e. The van der Waals surface area contributed by atoms with Gasteiger partial charge >= 0.3 is 0 Å². The van der Waals surface area contributed by atoms with Gasteiger partial charge in [-0.2, -0.15) is 0 Å². The van der Waals surface area contributed by atoms with Crippen molar-refractivity contribution in [3.8, 4) is 0 Å². The Labute approximate surface area is 108 Å². The van der Waals surface area contributed by atoms with Crippen LogP contribution in [0.5, 0.6) is 0 Å². The highest BCUT2D eigenvalue weighted by Crippen LogP contribution is 2.10. The van der Waals surface area contributed by atoms with Gasteiger partial charge in [0, 0.05) is 13.1 Å². The number of rotatable bonds is 12. The quantitative estimate of drug-likeness (QED) is 0.533. The molecule has 0 aliphatic rings. The predicted molar refractivity (Wildman–Crippen MR) is 75.5 cm³/mol. The first kappa shape index (κ1) is 16.9. The molecule has 0 heterocycles. The van der Waals surface area contributed by atoms with Crippen LogP contribution in [0.2, 0.25) is 0 Å². The Morgan fingerprint density at radius 3 is 2.53 bits per heavy atom. The maximum Gasteiger partial charge on any atom is 0.0593 e. The lowest BCUT2D eigenvalue weighted by Gasteiger charge is -2.15. The van der Waals surface area contributed by atoms with E-state index in [9.17, 15) is 0 Å². The topological polar surface area (TPSA) is 24.5 Å². The Hall–Kier alpha value is -0.120. The largest absolute Gasteiger partial charge is 0.379 e. The zero-order chi connectivity index (χ0) is 12.9. The van der Waals surface area contributed by atoms with Gasteiger partial charge in [-0.3, -0.25) is 0 Å². The van der Waals surface area contributed by atoms with E-state index in [-0.39, 0.29) is 0 Å². The summed E-state index contributed by atoms with van der Waals surface area (Å²) in [5.41, 5.74) is 0. The first-order valence-electron chi connectivity index (χ1n) is 7.13. The van der Waals surface area contributed by atoms with Gasteiger partial charge in [0.2, 0.25) is 0 Å². The standard InChI is InChI=1S/C14H32N2O/c1-5-7-8-14(6-2)13-15-9-11-17-12-10-16(3)4/h14-15H,5-13H2,1-4H3. The van der Waals surface area contributed by atoms with Crippen LogP contribution in [-0.2, 0) is 4.74 Å². The first-order valence-corrected chi connectivity index (χ1v) is 7.13. The summed E-state index contributed by atoms with van der Waals surface area (Å²) in [5.74, 6) is 0.844. The molecule has 0 aliphatic carbocycles. The van der Waals surface area contributed by atoms with E-state index in [1.54, 1.807) is 0 Å². The van der Waals surface area contributed by atoms with E-state index in [2.05, 4.69) is 38.2 Å². The van der Waals surface area contributed by atoms with Crippen molar-refractivity contribution in [2.45, 2.75) is 39.5 Å². The first-order chi connectivity index (χ1) is 8.20. The van der Waals surface area contributed by atoms with Crippen molar-refractivity contribution in [1.82, 2.24) is 10.2 Å². The van der Waals surface area contributed by atoms with Crippen LogP contribution in [0.1, 0.15) is 39.5 Å². The van der Waals surface area contributed by atoms with Crippen LogP contribution in [0.15, 0.2) is 0 Å². The third-order valence-corrected chi connectivity index (χ3v) is 3.08. The highest BCUT2D eigenvalue weighted by molar-refractivity contribution is 4.60. The molecule has 1 atom stereocenters. The van der Waals surface area contributed by atoms with Crippen molar-refractivity contribution in [2.75, 3.05) is 46.9 Å². The Morgan fingerprint density at radius 1 is 1.18 bits per heavy atom. The van der Waals surface area contributed by atoms with E-state index in [4.69, 9.17) is 4.74 Å². The fraction of sp³-hybridized carbons (Fsp3) is 1.00. The third-order valence-electron chi connectivity index (χ3n) is 3.08. The molecule has 0 bridgehead atoms. The molecule has 0 rings (SSSR count). The molecule has 3 heteroatoms. The molecule has 0 radical (unpaired) electrons. The Balaban J connectivity index is 3.24. The van der Waals surface area contributed by atoms with Crippen molar-refractivity contribution < 1.29 is 4.74 Å². The summed E-state index contributed by atoms with van der Waals surface area (Å²) < 4.78 is 5.54. The highest BCUT2D eigenvalue weighted by Gasteiger charge is 2.04. The second kappa shape index (κ2) is 12.3. The summed E-state index contributed by atoms with van der Waals surface area (Å²) in [6, 6.07) is 0. The lowest BCUT2D eigenvalue weighted by atomic mass is 9.99. The van der Waals surface area contributed by atoms with Gasteiger partial charge in [-0.15, -0.1) is 0 Å². The van der Waals surface area contributed by atoms with Crippen LogP contribution in [0, 0.1) is 5.92 Å². The van der Waals surface area contributed by atoms with Crippen molar-refractivity contribution in [2.24, 2.45) is 5.92 Å². The summed E-state index contributed by atoms with van der Waals surface area (Å²) in [5, 5.41) is 3.49. The van der Waals surface area contributed by atoms with Crippen molar-refractivity contribution in [3.63, 3.8) is 0 Å². The summed E-state index contributed by atoms with van der Waals surface area (Å²) in [7, 11) is 4.14. The summed E-state index contributed by atoms with van der Waals surface area (Å²) in [6.07, 6.45) is 5.32. The maximum atomic E-state index is 5.54. The fourth-order valence-corrected chi connectivity index (χ4v) is 1.74. The van der Waals surface area contributed by atoms with Gasteiger partial charge in [-0.25, -0.2) is 0 Å². The van der Waals surface area contributed by atoms with E-state index < -0.39 is 0 Å². The molecule has 0 aromatic heterocycles. The molecule has 17 heavy (non-hydrogen) atoms. The summed E-state index contributed by atoms with van der Waals surface area (Å²) in [6.45, 7) is 9.35. The highest BCUT2D eigenvalue weighted by atomic mass is 16.5. The van der Waals surface area contributed by atoms with E-state index >= 15 is 0 Å². The van der Waals surface area contributed by atoms with Gasteiger partial charge < -0.3 is 15.0 Å². The molecule has 1 N–H and O–H groups in total. The maximum absolute atomic E-state index is 5.54. The van der Waals surface area contributed by atoms with Crippen LogP contribution >= 0.6 is 0 Å². The molecule has 0 amide bonds. The number of ether oxygens (including phenoxy) is 1. The Morgan fingerprint density at radius 2 is 1.94 bits per heavy atom. The SMILES string of the molecule is CCCCC(CC)CNCCOCCN(C)C. The molecule has 3 nitrogen and oxygen atoms in total. The Bertz CT molecular complexity index is 151. The van der Waals surface area contributed by atoms with Gasteiger partial charge in [-0.1, -0.05) is 33.1 Å². The number of nitrogens with one attached hydrogen (secondary N) is 1. The molecule has 0 aromatic rings. The zero-order valence-electron chi connectivity index (χ0n) is 12.3. The number of hydrogen-bond acceptors (Lipinski definition) is 3. The van der Waals surface area contributed by atoms with Gasteiger partial charge in [0.25, 0.3) is 0 Å². The van der Waals surface area contributed by atoms with Gasteiger partial charge in [-0.05, 0) is 33.0 Å². The molecule has 1 unspecified atom stereocenters. The summed E-state index contributed by atoms with van der Waals surface area (Å²) in [4.78, 5) is 2.14. The number of nitrogens with zero attached hydrogens (tertiary/aromatic N) is 1. The van der Waals surface area contributed by atoms with Gasteiger partial charge in [0.1, 0.15) is 0 Å². The van der Waals surface area contributed by atoms with Gasteiger partial charge in [0.05, 0.1) is 13.2 Å². The lowest BCUT2D eigenvalue weighted by molar-refractivity contribution is 0.118. The van der Waals surface area contributed by atoms with Crippen molar-refractivity contribution in [3.05, 3.63) is 0 Å². The smallest absolute Gasteiger partial charge is 0.0593 e. The predicted octanol–water partition coefficient (Wildman–Crippen LogP) is 2.37. The molecule has 104 valence electrons. The average molecular weight is 244 g/mol. The monoisotopic (exact) mass is 244 g/mol. The molecule has 0 fully saturated rings. The average Bonchev–Trinajstić information content (AvgIpc) is 2.31. The van der Waals surface area contributed by atoms with Crippen LogP contribution in [0.25, 0.3) is 0 Å². The van der Waals surface area contributed by atoms with Crippen molar-refractivity contribution >= 4 is 0 Å². The van der Waals surface area contributed by atoms with Gasteiger partial charge in [0.15, 0.2) is 0 Å². The summed E-state index contributed by atoms with van der Waals surface area (Å²) >= 11 is 0. The van der Waals surface area contributed by atoms with E-state index in [0.29, 0.717) is 0 Å². The van der Waals surface area contributed by atoms with E-state index in [1.165, 1.54) is 25.7 Å². The number of unbranched alkanes of at least 4 members (excludes halogenated alkanes) is 1. The third kappa shape index (κ3) is 12.1. The number of likely N-dealkylation sites (N-methyl/N-ethyl adjacent to an activating group) is 1. The Kier molecular flexibility index (Phi) is 12.3. The second-order valence-corrected chi connectivity index (χ2v) is 5.04. The van der Waals surface area contributed by atoms with Crippen LogP contribution in [0.4, 0.5) is 0 Å². The van der Waals surface area contributed by atoms with E-state index in [1.807, 2.05) is 0 Å². The molecule has 0 saturated carbocycles. The lowest BCUT2D eigenvalue weighted by Crippen LogP contribution is -2.27. The van der Waals surface area contributed by atoms with Crippen LogP contribution in [0.3, 0.4) is 0 Å². The molecular formula is C14H32N2O. The van der Waals surface area contributed by atoms with Crippen molar-refractivity contribution in [1.29, 1.82) is 0 Å². The normalized spacial score (nSPS) is 13.2. The zero-order valence-corrected chi connectivity index (χ0v) is 12.3. The molecule has 0 aromatic carbocycles. The van der Waals surface area contributed by atoms with Crippen LogP contribution in [-0.4, -0.2) is 51.8 Å². The minimum absolute atomic E-state index is 0.831. The van der Waals surface area contributed by atoms with Crippen LogP contribution < -0.4 is 5.32 Å². The molecule has 0 spiro atoms. The second-order valence-electron chi connectivity index (χ2n) is 5.04. The number of hydrogen-bond donors (Lipinski definition) is 1. The van der Waals surface area contributed by atoms with E-state index in [0.717, 1.165) is 38.8 Å². The molecule has 0 aliphatic heterocycles. The molecular weight excluding hydrogens is 212 g/mol. The fourth-order valence-electron chi connectivity index (χ4n) is 1.74. The minimum atomic E-state index is 0.831. The molecule has 0 saturated heterocycles.